The summed E-state index contributed by atoms with van der Waals surface area (Å²) in [6, 6.07) is 70.0. The molecule has 0 amide bonds. The molecule has 0 bridgehead atoms. The molecule has 0 unspecified atom stereocenters. The second-order valence-corrected chi connectivity index (χ2v) is 21.0. The Hall–Kier alpha value is -7.53. The molecule has 350 valence electrons. The average molecular weight is 1100 g/mol. The van der Waals surface area contributed by atoms with E-state index in [4.69, 9.17) is 14.1 Å². The number of imidazole rings is 1. The molecule has 12 aromatic rings. The summed E-state index contributed by atoms with van der Waals surface area (Å²) in [6.07, 6.45) is 8.33. The summed E-state index contributed by atoms with van der Waals surface area (Å²) in [6.45, 7) is 6.75. The molecular weight excluding hydrogens is 1050 g/mol. The first-order valence-corrected chi connectivity index (χ1v) is 25.9. The zero-order chi connectivity index (χ0) is 47.8. The van der Waals surface area contributed by atoms with Gasteiger partial charge in [0, 0.05) is 6.20 Å². The molecule has 1 aliphatic carbocycles. The van der Waals surface area contributed by atoms with Crippen LogP contribution in [0.1, 0.15) is 69.9 Å². The predicted molar refractivity (Wildman–Crippen MR) is 285 cm³/mol. The van der Waals surface area contributed by atoms with Crippen LogP contribution >= 0.6 is 0 Å². The van der Waals surface area contributed by atoms with Gasteiger partial charge in [0.15, 0.2) is 0 Å². The summed E-state index contributed by atoms with van der Waals surface area (Å²) < 4.78 is 21.8. The molecule has 1 fully saturated rings. The molecule has 0 N–H and O–H groups in total. The summed E-state index contributed by atoms with van der Waals surface area (Å²) >= 11 is 2.50. The van der Waals surface area contributed by atoms with E-state index in [0.29, 0.717) is 23.0 Å². The van der Waals surface area contributed by atoms with Crippen molar-refractivity contribution in [3.05, 3.63) is 209 Å². The van der Waals surface area contributed by atoms with Gasteiger partial charge in [-0.15, -0.1) is 0 Å². The van der Waals surface area contributed by atoms with Crippen molar-refractivity contribution in [2.75, 3.05) is 0 Å². The van der Waals surface area contributed by atoms with E-state index < -0.39 is 0 Å². The third kappa shape index (κ3) is 7.50. The third-order valence-corrected chi connectivity index (χ3v) is 15.6. The normalized spacial score (nSPS) is 13.6. The van der Waals surface area contributed by atoms with Gasteiger partial charge in [-0.2, -0.15) is 0 Å². The molecule has 0 radical (unpaired) electrons. The molecule has 0 spiro atoms. The molecule has 4 heterocycles. The molecule has 7 heteroatoms. The Morgan fingerprint density at radius 2 is 1.25 bits per heavy atom. The number of hydrogen-bond acceptors (Lipinski definition) is 3. The van der Waals surface area contributed by atoms with Gasteiger partial charge in [0.05, 0.1) is 0 Å². The van der Waals surface area contributed by atoms with Gasteiger partial charge in [-0.1, -0.05) is 46.1 Å². The maximum absolute atomic E-state index is 6.94. The number of nitrogens with zero attached hydrogens (tertiary/aromatic N) is 4. The van der Waals surface area contributed by atoms with Crippen LogP contribution in [0.2, 0.25) is 0 Å². The number of hydrogen-bond donors (Lipinski definition) is 0. The van der Waals surface area contributed by atoms with E-state index in [1.807, 2.05) is 36.5 Å². The van der Waals surface area contributed by atoms with E-state index in [1.165, 1.54) is 48.6 Å². The average Bonchev–Trinajstić information content (AvgIpc) is 3.89. The van der Waals surface area contributed by atoms with Gasteiger partial charge < -0.3 is 0 Å². The topological polar surface area (TPSA) is 49.5 Å². The fraction of sp³-hybridized carbons (Fsp3) is 0.156. The van der Waals surface area contributed by atoms with E-state index in [0.717, 1.165) is 86.9 Å². The number of rotatable bonds is 7. The van der Waals surface area contributed by atoms with Crippen LogP contribution in [0.25, 0.3) is 94.1 Å². The zero-order valence-electron chi connectivity index (χ0n) is 39.9. The quantitative estimate of drug-likeness (QED) is 0.149. The van der Waals surface area contributed by atoms with Gasteiger partial charge in [-0.3, -0.25) is 0 Å². The summed E-state index contributed by atoms with van der Waals surface area (Å²) in [5.74, 6) is 2.58. The summed E-state index contributed by atoms with van der Waals surface area (Å²) in [5, 5.41) is 4.40. The molecule has 6 nitrogen and oxygen atoms in total. The molecule has 0 aliphatic heterocycles. The standard InChI is InChI=1S/C64H50N4O2.Pt/c1-64(2,3)46-35-36-65-61(38-46)68-55-33-29-45(42-17-7-4-8-18-42)37-54(55)51-32-30-47(39-57(51)68)69-48-31-34-60-58(40-48)67-41-66(56-27-16-26-53(63(56)67)52-23-13-14-28-59(52)70-60)62-49(43-19-9-5-10-20-43)24-15-25-50(62)44-21-11-6-12-22-44;/h5-6,9-16,19-38,42H,4,7-8,17-18H2,1-3H3;/q-2;. The fourth-order valence-corrected chi connectivity index (χ4v) is 12.1. The van der Waals surface area contributed by atoms with Crippen LogP contribution in [0, 0.1) is 15.9 Å². The van der Waals surface area contributed by atoms with E-state index in [1.54, 1.807) is 0 Å². The van der Waals surface area contributed by atoms with E-state index in [2.05, 4.69) is 211 Å². The van der Waals surface area contributed by atoms with Crippen molar-refractivity contribution in [3.63, 3.8) is 0 Å². The zero-order valence-corrected chi connectivity index (χ0v) is 42.1. The van der Waals surface area contributed by atoms with E-state index in [9.17, 15) is 0 Å². The van der Waals surface area contributed by atoms with Gasteiger partial charge in [0.1, 0.15) is 0 Å². The Labute approximate surface area is 423 Å². The van der Waals surface area contributed by atoms with Crippen LogP contribution in [0.15, 0.2) is 187 Å². The number of para-hydroxylation sites is 3. The van der Waals surface area contributed by atoms with Crippen molar-refractivity contribution in [3.8, 4) is 45.3 Å². The van der Waals surface area contributed by atoms with Crippen molar-refractivity contribution in [2.45, 2.75) is 64.2 Å². The van der Waals surface area contributed by atoms with Crippen molar-refractivity contribution < 1.29 is 28.5 Å². The van der Waals surface area contributed by atoms with Gasteiger partial charge in [-0.05, 0) is 41.4 Å². The number of fused-ring (bicyclic) bond motifs is 7. The van der Waals surface area contributed by atoms with Gasteiger partial charge in [0.25, 0.3) is 0 Å². The predicted octanol–water partition coefficient (Wildman–Crippen LogP) is 17.0. The monoisotopic (exact) mass is 1100 g/mol. The number of ether oxygens (including phenoxy) is 1. The van der Waals surface area contributed by atoms with Crippen LogP contribution in [0.4, 0.5) is 0 Å². The fourth-order valence-electron chi connectivity index (χ4n) is 11.0. The number of benzene rings is 8. The SMILES string of the molecule is CC(C)(C)c1ccnc(-n2c3[c-]c(Oc4[c-]c5c(cc4)oc4ccccc4c4cccc6c4n5[c](=[Pt])n6-c4c(-c5ccccc5)cccc4-c4ccccc4)ccc3c3cc(C4CCCCC4)ccc32)c1. The van der Waals surface area contributed by atoms with Crippen molar-refractivity contribution >= 4 is 60.3 Å². The molecule has 0 atom stereocenters. The Bertz CT molecular complexity index is 4070. The second-order valence-electron chi connectivity index (χ2n) is 19.9. The molecule has 71 heavy (non-hydrogen) atoms. The molecule has 1 saturated carbocycles. The van der Waals surface area contributed by atoms with Crippen molar-refractivity contribution in [1.82, 2.24) is 18.5 Å². The Balaban J connectivity index is 1.04. The van der Waals surface area contributed by atoms with Crippen molar-refractivity contribution in [1.29, 1.82) is 0 Å². The minimum absolute atomic E-state index is 0.0487. The Kier molecular flexibility index (Phi) is 10.7. The maximum atomic E-state index is 6.94. The van der Waals surface area contributed by atoms with Gasteiger partial charge >= 0.3 is 332 Å². The van der Waals surface area contributed by atoms with E-state index in [-0.39, 0.29) is 5.41 Å². The number of pyridine rings is 1. The van der Waals surface area contributed by atoms with E-state index >= 15 is 0 Å². The summed E-state index contributed by atoms with van der Waals surface area (Å²) in [7, 11) is 0. The Morgan fingerprint density at radius 3 is 2.00 bits per heavy atom. The molecule has 13 rings (SSSR count). The number of aromatic nitrogens is 4. The third-order valence-electron chi connectivity index (χ3n) is 14.5. The van der Waals surface area contributed by atoms with Crippen molar-refractivity contribution in [2.24, 2.45) is 0 Å². The Morgan fingerprint density at radius 1 is 0.577 bits per heavy atom. The molecule has 0 saturated heterocycles. The first-order chi connectivity index (χ1) is 34.8. The van der Waals surface area contributed by atoms with Gasteiger partial charge in [0.2, 0.25) is 0 Å². The first kappa shape index (κ1) is 43.5. The van der Waals surface area contributed by atoms with Crippen LogP contribution in [-0.2, 0) is 24.8 Å². The molecule has 1 aliphatic rings. The summed E-state index contributed by atoms with van der Waals surface area (Å²) in [5.41, 5.74) is 14.5. The second kappa shape index (κ2) is 17.4. The molecule has 8 aromatic carbocycles. The summed E-state index contributed by atoms with van der Waals surface area (Å²) in [4.78, 5) is 4.99. The first-order valence-electron chi connectivity index (χ1n) is 24.7. The van der Waals surface area contributed by atoms with Gasteiger partial charge in [-0.25, -0.2) is 0 Å². The van der Waals surface area contributed by atoms with Crippen LogP contribution < -0.4 is 4.74 Å². The van der Waals surface area contributed by atoms with Crippen LogP contribution in [0.5, 0.6) is 11.5 Å². The molecular formula is C64H50N4O2Pt-2. The van der Waals surface area contributed by atoms with Crippen LogP contribution in [-0.4, -0.2) is 18.5 Å². The molecule has 4 aromatic heterocycles. The van der Waals surface area contributed by atoms with Crippen LogP contribution in [0.3, 0.4) is 0 Å². The minimum atomic E-state index is -0.0487.